The molecule has 1 aromatic carbocycles. The van der Waals surface area contributed by atoms with Crippen LogP contribution in [-0.4, -0.2) is 16.7 Å². The van der Waals surface area contributed by atoms with E-state index in [0.717, 1.165) is 6.07 Å². The van der Waals surface area contributed by atoms with E-state index in [0.29, 0.717) is 0 Å². The van der Waals surface area contributed by atoms with Crippen molar-refractivity contribution >= 4 is 23.2 Å². The minimum Gasteiger partial charge on any atom is -0.392 e. The van der Waals surface area contributed by atoms with Crippen LogP contribution in [0.5, 0.6) is 0 Å². The van der Waals surface area contributed by atoms with E-state index in [4.69, 9.17) is 11.0 Å². The van der Waals surface area contributed by atoms with Crippen molar-refractivity contribution in [3.63, 3.8) is 0 Å². The number of nitrogens with zero attached hydrogens (tertiary/aromatic N) is 2. The first-order chi connectivity index (χ1) is 7.97. The van der Waals surface area contributed by atoms with Crippen LogP contribution in [0.4, 0.5) is 11.4 Å². The van der Waals surface area contributed by atoms with Gasteiger partial charge in [-0.25, -0.2) is 0 Å². The Hall–Kier alpha value is -2.95. The topological polar surface area (TPSA) is 139 Å². The van der Waals surface area contributed by atoms with Crippen molar-refractivity contribution in [1.29, 1.82) is 5.26 Å². The highest BCUT2D eigenvalue weighted by Gasteiger charge is 2.35. The predicted octanol–water partition coefficient (Wildman–Crippen LogP) is -0.0677. The average Bonchev–Trinajstić information content (AvgIpc) is 2.53. The highest BCUT2D eigenvalue weighted by molar-refractivity contribution is 6.24. The van der Waals surface area contributed by atoms with Crippen molar-refractivity contribution < 1.29 is 14.5 Å². The number of nitro benzene ring substituents is 1. The number of carbonyl (C=O) groups is 2. The maximum Gasteiger partial charge on any atom is 0.310 e. The summed E-state index contributed by atoms with van der Waals surface area (Å²) in [5, 5.41) is 21.4. The molecule has 8 nitrogen and oxygen atoms in total. The Kier molecular flexibility index (Phi) is 2.04. The standard InChI is InChI=1S/C9H4N4O4/c10-2-3-1-4-5(9(15)12-8(4)14)6(11)7(3)13(16)17/h1H,11H2,(H,12,14,15). The number of nitrogens with one attached hydrogen (secondary N) is 1. The number of nitrogen functional groups attached to an aromatic ring is 1. The van der Waals surface area contributed by atoms with Crippen LogP contribution >= 0.6 is 0 Å². The lowest BCUT2D eigenvalue weighted by Crippen LogP contribution is -2.20. The molecule has 8 heteroatoms. The van der Waals surface area contributed by atoms with Crippen LogP contribution in [0.15, 0.2) is 6.07 Å². The average molecular weight is 232 g/mol. The lowest BCUT2D eigenvalue weighted by Gasteiger charge is -2.03. The summed E-state index contributed by atoms with van der Waals surface area (Å²) >= 11 is 0. The van der Waals surface area contributed by atoms with Gasteiger partial charge in [0.15, 0.2) is 0 Å². The van der Waals surface area contributed by atoms with Crippen LogP contribution in [-0.2, 0) is 0 Å². The van der Waals surface area contributed by atoms with Crippen LogP contribution in [0.3, 0.4) is 0 Å². The van der Waals surface area contributed by atoms with E-state index in [1.54, 1.807) is 6.07 Å². The van der Waals surface area contributed by atoms with Gasteiger partial charge in [0.05, 0.1) is 16.1 Å². The minimum absolute atomic E-state index is 0.116. The molecule has 17 heavy (non-hydrogen) atoms. The molecule has 0 spiro atoms. The van der Waals surface area contributed by atoms with Crippen molar-refractivity contribution in [3.05, 3.63) is 32.9 Å². The fraction of sp³-hybridized carbons (Fsp3) is 0. The normalized spacial score (nSPS) is 12.9. The fourth-order valence-electron chi connectivity index (χ4n) is 1.63. The van der Waals surface area contributed by atoms with Gasteiger partial charge in [0.2, 0.25) is 0 Å². The second-order valence-electron chi connectivity index (χ2n) is 3.26. The molecule has 0 saturated heterocycles. The minimum atomic E-state index is -0.857. The summed E-state index contributed by atoms with van der Waals surface area (Å²) in [6.07, 6.45) is 0. The van der Waals surface area contributed by atoms with E-state index < -0.39 is 28.1 Å². The number of rotatable bonds is 1. The third-order valence-corrected chi connectivity index (χ3v) is 2.34. The lowest BCUT2D eigenvalue weighted by atomic mass is 10.0. The molecule has 0 saturated carbocycles. The van der Waals surface area contributed by atoms with E-state index in [-0.39, 0.29) is 16.7 Å². The molecule has 0 bridgehead atoms. The van der Waals surface area contributed by atoms with Crippen molar-refractivity contribution in [3.8, 4) is 6.07 Å². The molecule has 0 radical (unpaired) electrons. The van der Waals surface area contributed by atoms with E-state index in [1.165, 1.54) is 0 Å². The number of benzene rings is 1. The first-order valence-corrected chi connectivity index (χ1v) is 4.34. The van der Waals surface area contributed by atoms with Crippen molar-refractivity contribution in [2.45, 2.75) is 0 Å². The Balaban J connectivity index is 2.88. The fourth-order valence-corrected chi connectivity index (χ4v) is 1.63. The zero-order valence-electron chi connectivity index (χ0n) is 8.18. The third-order valence-electron chi connectivity index (χ3n) is 2.34. The number of imide groups is 1. The second kappa shape index (κ2) is 3.28. The molecule has 1 heterocycles. The smallest absolute Gasteiger partial charge is 0.310 e. The first-order valence-electron chi connectivity index (χ1n) is 4.34. The summed E-state index contributed by atoms with van der Waals surface area (Å²) < 4.78 is 0. The number of nitriles is 1. The Morgan fingerprint density at radius 1 is 1.41 bits per heavy atom. The predicted molar refractivity (Wildman–Crippen MR) is 54.0 cm³/mol. The molecule has 1 aromatic rings. The molecular weight excluding hydrogens is 228 g/mol. The molecule has 2 rings (SSSR count). The monoisotopic (exact) mass is 232 g/mol. The quantitative estimate of drug-likeness (QED) is 0.300. The van der Waals surface area contributed by atoms with Crippen LogP contribution in [0, 0.1) is 21.4 Å². The third kappa shape index (κ3) is 1.30. The van der Waals surface area contributed by atoms with Crippen molar-refractivity contribution in [1.82, 2.24) is 5.32 Å². The summed E-state index contributed by atoms with van der Waals surface area (Å²) in [4.78, 5) is 32.6. The number of hydrogen-bond acceptors (Lipinski definition) is 6. The number of nitrogens with two attached hydrogens (primary N) is 1. The molecule has 0 unspecified atom stereocenters. The van der Waals surface area contributed by atoms with Gasteiger partial charge < -0.3 is 5.73 Å². The molecule has 1 aliphatic rings. The summed E-state index contributed by atoms with van der Waals surface area (Å²) in [6, 6.07) is 2.56. The van der Waals surface area contributed by atoms with Crippen LogP contribution in [0.1, 0.15) is 26.3 Å². The number of nitro groups is 1. The van der Waals surface area contributed by atoms with Gasteiger partial charge in [0.25, 0.3) is 11.8 Å². The van der Waals surface area contributed by atoms with Gasteiger partial charge in [-0.05, 0) is 6.07 Å². The molecular formula is C9H4N4O4. The van der Waals surface area contributed by atoms with E-state index in [2.05, 4.69) is 0 Å². The molecule has 0 fully saturated rings. The number of amides is 2. The van der Waals surface area contributed by atoms with Gasteiger partial charge in [0, 0.05) is 0 Å². The Morgan fingerprint density at radius 2 is 2.06 bits per heavy atom. The van der Waals surface area contributed by atoms with Gasteiger partial charge in [-0.15, -0.1) is 0 Å². The van der Waals surface area contributed by atoms with Gasteiger partial charge in [-0.2, -0.15) is 5.26 Å². The highest BCUT2D eigenvalue weighted by atomic mass is 16.6. The largest absolute Gasteiger partial charge is 0.392 e. The number of carbonyl (C=O) groups excluding carboxylic acids is 2. The first kappa shape index (κ1) is 10.6. The summed E-state index contributed by atoms with van der Waals surface area (Å²) in [5.41, 5.74) is 3.62. The van der Waals surface area contributed by atoms with Crippen LogP contribution in [0.25, 0.3) is 0 Å². The van der Waals surface area contributed by atoms with Crippen molar-refractivity contribution in [2.75, 3.05) is 5.73 Å². The Labute approximate surface area is 93.8 Å². The van der Waals surface area contributed by atoms with Gasteiger partial charge in [-0.3, -0.25) is 25.0 Å². The molecule has 0 aliphatic carbocycles. The summed E-state index contributed by atoms with van der Waals surface area (Å²) in [5.74, 6) is -1.52. The number of anilines is 1. The number of fused-ring (bicyclic) bond motifs is 1. The summed E-state index contributed by atoms with van der Waals surface area (Å²) in [7, 11) is 0. The molecule has 0 aromatic heterocycles. The molecule has 2 amide bonds. The maximum absolute atomic E-state index is 11.4. The molecule has 1 aliphatic heterocycles. The summed E-state index contributed by atoms with van der Waals surface area (Å²) in [6.45, 7) is 0. The number of hydrogen-bond donors (Lipinski definition) is 2. The van der Waals surface area contributed by atoms with E-state index in [9.17, 15) is 19.7 Å². The maximum atomic E-state index is 11.4. The Morgan fingerprint density at radius 3 is 2.59 bits per heavy atom. The molecule has 84 valence electrons. The zero-order chi connectivity index (χ0) is 12.7. The zero-order valence-corrected chi connectivity index (χ0v) is 8.18. The second-order valence-corrected chi connectivity index (χ2v) is 3.26. The van der Waals surface area contributed by atoms with Crippen LogP contribution in [0.2, 0.25) is 0 Å². The van der Waals surface area contributed by atoms with Crippen LogP contribution < -0.4 is 11.1 Å². The van der Waals surface area contributed by atoms with Gasteiger partial charge in [0.1, 0.15) is 17.3 Å². The molecule has 3 N–H and O–H groups in total. The molecule has 0 atom stereocenters. The van der Waals surface area contributed by atoms with Gasteiger partial charge in [-0.1, -0.05) is 0 Å². The van der Waals surface area contributed by atoms with E-state index >= 15 is 0 Å². The lowest BCUT2D eigenvalue weighted by molar-refractivity contribution is -0.384. The van der Waals surface area contributed by atoms with Gasteiger partial charge >= 0.3 is 5.69 Å². The SMILES string of the molecule is N#Cc1cc2c(c(N)c1[N+](=O)[O-])C(=O)NC2=O. The Bertz CT molecular complexity index is 629. The highest BCUT2D eigenvalue weighted by Crippen LogP contribution is 2.34. The van der Waals surface area contributed by atoms with Crippen molar-refractivity contribution in [2.24, 2.45) is 0 Å². The van der Waals surface area contributed by atoms with E-state index in [1.807, 2.05) is 5.32 Å².